The first-order valence-electron chi connectivity index (χ1n) is 8.68. The minimum Gasteiger partial charge on any atom is -0.480 e. The van der Waals surface area contributed by atoms with Crippen LogP contribution in [0.15, 0.2) is 66.7 Å². The van der Waals surface area contributed by atoms with Crippen LogP contribution >= 0.6 is 11.6 Å². The van der Waals surface area contributed by atoms with Gasteiger partial charge in [0.1, 0.15) is 17.7 Å². The van der Waals surface area contributed by atoms with Crippen molar-refractivity contribution >= 4 is 23.5 Å². The number of hydrogen-bond acceptors (Lipinski definition) is 2. The Balaban J connectivity index is 1.77. The fourth-order valence-electron chi connectivity index (χ4n) is 2.87. The molecule has 1 amide bonds. The molecule has 3 aromatic carbocycles. The van der Waals surface area contributed by atoms with Crippen molar-refractivity contribution in [2.24, 2.45) is 0 Å². The first kappa shape index (κ1) is 20.5. The lowest BCUT2D eigenvalue weighted by Gasteiger charge is -2.16. The zero-order valence-corrected chi connectivity index (χ0v) is 15.8. The van der Waals surface area contributed by atoms with Gasteiger partial charge >= 0.3 is 5.97 Å². The van der Waals surface area contributed by atoms with E-state index in [9.17, 15) is 23.5 Å². The summed E-state index contributed by atoms with van der Waals surface area (Å²) in [6.45, 7) is 0. The Morgan fingerprint density at radius 1 is 0.931 bits per heavy atom. The van der Waals surface area contributed by atoms with E-state index in [1.165, 1.54) is 18.2 Å². The standard InChI is InChI=1S/C22H16ClF2NO3/c23-17-5-2-1-4-15(17)13-8-10-14(11-9-13)21(27)26-20(22(28)29)12-16-18(24)6-3-7-19(16)25/h1-11,20H,12H2,(H,26,27)(H,28,29). The van der Waals surface area contributed by atoms with Crippen molar-refractivity contribution in [1.29, 1.82) is 0 Å². The molecule has 0 bridgehead atoms. The van der Waals surface area contributed by atoms with Crippen LogP contribution in [0.5, 0.6) is 0 Å². The van der Waals surface area contributed by atoms with Crippen LogP contribution in [0.3, 0.4) is 0 Å². The Bertz CT molecular complexity index is 1030. The fourth-order valence-corrected chi connectivity index (χ4v) is 3.11. The van der Waals surface area contributed by atoms with Crippen LogP contribution in [-0.4, -0.2) is 23.0 Å². The number of carbonyl (C=O) groups excluding carboxylic acids is 1. The first-order chi connectivity index (χ1) is 13.9. The second-order valence-corrected chi connectivity index (χ2v) is 6.73. The molecule has 7 heteroatoms. The summed E-state index contributed by atoms with van der Waals surface area (Å²) in [5.74, 6) is -3.79. The third-order valence-electron chi connectivity index (χ3n) is 4.41. The lowest BCUT2D eigenvalue weighted by Crippen LogP contribution is -2.42. The molecule has 148 valence electrons. The number of aliphatic carboxylic acids is 1. The number of carboxylic acids is 1. The number of nitrogens with one attached hydrogen (secondary N) is 1. The van der Waals surface area contributed by atoms with Crippen LogP contribution in [0.4, 0.5) is 8.78 Å². The van der Waals surface area contributed by atoms with E-state index in [1.54, 1.807) is 24.3 Å². The molecule has 0 aliphatic heterocycles. The second kappa shape index (κ2) is 8.84. The van der Waals surface area contributed by atoms with E-state index < -0.39 is 41.5 Å². The summed E-state index contributed by atoms with van der Waals surface area (Å²) in [7, 11) is 0. The summed E-state index contributed by atoms with van der Waals surface area (Å²) >= 11 is 6.16. The van der Waals surface area contributed by atoms with Gasteiger partial charge in [0.05, 0.1) is 0 Å². The summed E-state index contributed by atoms with van der Waals surface area (Å²) in [5.41, 5.74) is 1.39. The van der Waals surface area contributed by atoms with Crippen molar-refractivity contribution in [3.8, 4) is 11.1 Å². The summed E-state index contributed by atoms with van der Waals surface area (Å²) in [6, 6.07) is 15.4. The summed E-state index contributed by atoms with van der Waals surface area (Å²) in [4.78, 5) is 23.9. The smallest absolute Gasteiger partial charge is 0.326 e. The van der Waals surface area contributed by atoms with Gasteiger partial charge in [0, 0.05) is 28.1 Å². The molecule has 3 rings (SSSR count). The number of halogens is 3. The third kappa shape index (κ3) is 4.78. The van der Waals surface area contributed by atoms with E-state index in [-0.39, 0.29) is 5.56 Å². The minimum atomic E-state index is -1.49. The summed E-state index contributed by atoms with van der Waals surface area (Å²) in [5, 5.41) is 12.2. The monoisotopic (exact) mass is 415 g/mol. The van der Waals surface area contributed by atoms with Crippen LogP contribution in [0.2, 0.25) is 5.02 Å². The van der Waals surface area contributed by atoms with E-state index in [0.29, 0.717) is 5.02 Å². The molecule has 1 unspecified atom stereocenters. The van der Waals surface area contributed by atoms with Crippen LogP contribution < -0.4 is 5.32 Å². The fraction of sp³-hybridized carbons (Fsp3) is 0.0909. The average molecular weight is 416 g/mol. The third-order valence-corrected chi connectivity index (χ3v) is 4.73. The largest absolute Gasteiger partial charge is 0.480 e. The Morgan fingerprint density at radius 3 is 2.14 bits per heavy atom. The molecule has 0 saturated heterocycles. The molecule has 4 nitrogen and oxygen atoms in total. The van der Waals surface area contributed by atoms with E-state index in [1.807, 2.05) is 12.1 Å². The van der Waals surface area contributed by atoms with E-state index in [2.05, 4.69) is 5.32 Å². The Morgan fingerprint density at radius 2 is 1.55 bits per heavy atom. The molecule has 1 atom stereocenters. The molecule has 0 aliphatic carbocycles. The average Bonchev–Trinajstić information content (AvgIpc) is 2.70. The highest BCUT2D eigenvalue weighted by Gasteiger charge is 2.24. The van der Waals surface area contributed by atoms with Crippen molar-refractivity contribution in [3.05, 3.63) is 94.5 Å². The molecule has 0 saturated carbocycles. The van der Waals surface area contributed by atoms with Gasteiger partial charge in [-0.05, 0) is 35.9 Å². The number of benzene rings is 3. The van der Waals surface area contributed by atoms with Crippen LogP contribution in [-0.2, 0) is 11.2 Å². The molecule has 29 heavy (non-hydrogen) atoms. The highest BCUT2D eigenvalue weighted by Crippen LogP contribution is 2.27. The van der Waals surface area contributed by atoms with E-state index in [4.69, 9.17) is 11.6 Å². The van der Waals surface area contributed by atoms with Gasteiger partial charge < -0.3 is 10.4 Å². The highest BCUT2D eigenvalue weighted by molar-refractivity contribution is 6.33. The van der Waals surface area contributed by atoms with Gasteiger partial charge in [0.2, 0.25) is 0 Å². The van der Waals surface area contributed by atoms with E-state index in [0.717, 1.165) is 23.3 Å². The number of hydrogen-bond donors (Lipinski definition) is 2. The van der Waals surface area contributed by atoms with Crippen LogP contribution in [0.25, 0.3) is 11.1 Å². The number of amides is 1. The molecule has 0 aromatic heterocycles. The van der Waals surface area contributed by atoms with Crippen LogP contribution in [0.1, 0.15) is 15.9 Å². The first-order valence-corrected chi connectivity index (χ1v) is 9.06. The van der Waals surface area contributed by atoms with Gasteiger partial charge in [-0.2, -0.15) is 0 Å². The molecule has 0 aliphatic rings. The summed E-state index contributed by atoms with van der Waals surface area (Å²) in [6.07, 6.45) is -0.517. The molecule has 3 aromatic rings. The van der Waals surface area contributed by atoms with Crippen molar-refractivity contribution in [2.45, 2.75) is 12.5 Å². The summed E-state index contributed by atoms with van der Waals surface area (Å²) < 4.78 is 27.6. The lowest BCUT2D eigenvalue weighted by molar-refractivity contribution is -0.139. The Kier molecular flexibility index (Phi) is 6.24. The maximum absolute atomic E-state index is 13.8. The second-order valence-electron chi connectivity index (χ2n) is 6.33. The molecule has 2 N–H and O–H groups in total. The quantitative estimate of drug-likeness (QED) is 0.612. The van der Waals surface area contributed by atoms with Crippen LogP contribution in [0, 0.1) is 11.6 Å². The molecule has 0 spiro atoms. The van der Waals surface area contributed by atoms with Gasteiger partial charge in [-0.3, -0.25) is 4.79 Å². The Hall–Kier alpha value is -3.25. The number of carboxylic acid groups (broad SMARTS) is 1. The van der Waals surface area contributed by atoms with Crippen molar-refractivity contribution in [3.63, 3.8) is 0 Å². The molecule has 0 fully saturated rings. The Labute approximate surface area is 170 Å². The van der Waals surface area contributed by atoms with Crippen molar-refractivity contribution in [1.82, 2.24) is 5.32 Å². The highest BCUT2D eigenvalue weighted by atomic mass is 35.5. The van der Waals surface area contributed by atoms with E-state index >= 15 is 0 Å². The van der Waals surface area contributed by atoms with Gasteiger partial charge in [0.25, 0.3) is 5.91 Å². The van der Waals surface area contributed by atoms with Gasteiger partial charge in [-0.15, -0.1) is 0 Å². The van der Waals surface area contributed by atoms with Gasteiger partial charge in [0.15, 0.2) is 0 Å². The molecular weight excluding hydrogens is 400 g/mol. The zero-order chi connectivity index (χ0) is 21.0. The lowest BCUT2D eigenvalue weighted by atomic mass is 10.0. The predicted octanol–water partition coefficient (Wildman–Crippen LogP) is 4.71. The number of rotatable bonds is 6. The maximum Gasteiger partial charge on any atom is 0.326 e. The molecular formula is C22H16ClF2NO3. The van der Waals surface area contributed by atoms with Gasteiger partial charge in [-0.1, -0.05) is 48.0 Å². The van der Waals surface area contributed by atoms with Gasteiger partial charge in [-0.25, -0.2) is 13.6 Å². The normalized spacial score (nSPS) is 11.7. The molecule has 0 heterocycles. The topological polar surface area (TPSA) is 66.4 Å². The van der Waals surface area contributed by atoms with Crippen molar-refractivity contribution < 1.29 is 23.5 Å². The molecule has 0 radical (unpaired) electrons. The SMILES string of the molecule is O=C(NC(Cc1c(F)cccc1F)C(=O)O)c1ccc(-c2ccccc2Cl)cc1. The maximum atomic E-state index is 13.8. The zero-order valence-electron chi connectivity index (χ0n) is 15.0. The minimum absolute atomic E-state index is 0.209. The number of carbonyl (C=O) groups is 2. The van der Waals surface area contributed by atoms with Crippen molar-refractivity contribution in [2.75, 3.05) is 0 Å². The predicted molar refractivity (Wildman–Crippen MR) is 106 cm³/mol.